The largest absolute Gasteiger partial charge is 0.345 e. The van der Waals surface area contributed by atoms with Crippen LogP contribution in [-0.4, -0.2) is 58.1 Å². The Morgan fingerprint density at radius 1 is 1.07 bits per heavy atom. The fraction of sp³-hybridized carbons (Fsp3) is 0.450. The van der Waals surface area contributed by atoms with Crippen LogP contribution in [0.3, 0.4) is 0 Å². The van der Waals surface area contributed by atoms with Crippen LogP contribution in [0.2, 0.25) is 0 Å². The molecule has 0 saturated carbocycles. The molecule has 3 heterocycles. The van der Waals surface area contributed by atoms with Crippen molar-refractivity contribution in [2.24, 2.45) is 5.41 Å². The lowest BCUT2D eigenvalue weighted by molar-refractivity contribution is -0.137. The standard InChI is InChI=1S/C20H24N4O3/c1-22-14-20(8-7-17(22)25)9-11-23(12-10-20)19(27)16-13-18(26)24(21-16)15-5-3-2-4-6-15/h2-6,13,21H,7-12,14H2,1H3. The molecule has 4 rings (SSSR count). The summed E-state index contributed by atoms with van der Waals surface area (Å²) in [5, 5.41) is 2.94. The molecular weight excluding hydrogens is 344 g/mol. The first kappa shape index (κ1) is 17.6. The zero-order chi connectivity index (χ0) is 19.0. The van der Waals surface area contributed by atoms with Gasteiger partial charge >= 0.3 is 0 Å². The number of nitrogens with zero attached hydrogens (tertiary/aromatic N) is 3. The molecule has 1 aromatic carbocycles. The molecule has 0 bridgehead atoms. The topological polar surface area (TPSA) is 78.4 Å². The molecule has 0 radical (unpaired) electrons. The van der Waals surface area contributed by atoms with Gasteiger partial charge in [-0.2, -0.15) is 0 Å². The molecule has 1 N–H and O–H groups in total. The third-order valence-electron chi connectivity index (χ3n) is 5.94. The van der Waals surface area contributed by atoms with Crippen LogP contribution < -0.4 is 5.56 Å². The molecule has 7 nitrogen and oxygen atoms in total. The van der Waals surface area contributed by atoms with E-state index in [1.807, 2.05) is 47.2 Å². The van der Waals surface area contributed by atoms with Crippen molar-refractivity contribution >= 4 is 11.8 Å². The van der Waals surface area contributed by atoms with Gasteiger partial charge in [-0.15, -0.1) is 0 Å². The number of benzene rings is 1. The van der Waals surface area contributed by atoms with Gasteiger partial charge in [-0.05, 0) is 36.8 Å². The zero-order valence-electron chi connectivity index (χ0n) is 15.5. The summed E-state index contributed by atoms with van der Waals surface area (Å²) in [6.45, 7) is 2.08. The van der Waals surface area contributed by atoms with E-state index in [0.717, 1.165) is 25.8 Å². The van der Waals surface area contributed by atoms with Crippen LogP contribution in [-0.2, 0) is 4.79 Å². The van der Waals surface area contributed by atoms with E-state index in [-0.39, 0.29) is 22.8 Å². The first-order valence-corrected chi connectivity index (χ1v) is 9.38. The van der Waals surface area contributed by atoms with Gasteiger partial charge in [-0.3, -0.25) is 19.5 Å². The second kappa shape index (κ2) is 6.72. The number of hydrogen-bond donors (Lipinski definition) is 1. The van der Waals surface area contributed by atoms with Gasteiger partial charge in [0, 0.05) is 39.2 Å². The van der Waals surface area contributed by atoms with Gasteiger partial charge in [0.2, 0.25) is 5.91 Å². The number of hydrogen-bond acceptors (Lipinski definition) is 3. The monoisotopic (exact) mass is 368 g/mol. The number of H-pyrrole nitrogens is 1. The summed E-state index contributed by atoms with van der Waals surface area (Å²) in [5.74, 6) is 0.0656. The van der Waals surface area contributed by atoms with Crippen molar-refractivity contribution in [2.75, 3.05) is 26.7 Å². The maximum absolute atomic E-state index is 12.9. The molecular formula is C20H24N4O3. The Morgan fingerprint density at radius 2 is 1.78 bits per heavy atom. The second-order valence-electron chi connectivity index (χ2n) is 7.72. The Morgan fingerprint density at radius 3 is 2.44 bits per heavy atom. The van der Waals surface area contributed by atoms with Crippen molar-refractivity contribution in [1.82, 2.24) is 19.6 Å². The maximum Gasteiger partial charge on any atom is 0.271 e. The van der Waals surface area contributed by atoms with Gasteiger partial charge in [0.25, 0.3) is 11.5 Å². The number of carbonyl (C=O) groups excluding carboxylic acids is 2. The number of para-hydroxylation sites is 1. The van der Waals surface area contributed by atoms with Gasteiger partial charge in [0.15, 0.2) is 0 Å². The number of amides is 2. The van der Waals surface area contributed by atoms with E-state index in [4.69, 9.17) is 0 Å². The average molecular weight is 368 g/mol. The highest BCUT2D eigenvalue weighted by Crippen LogP contribution is 2.39. The number of aromatic amines is 1. The van der Waals surface area contributed by atoms with E-state index in [2.05, 4.69) is 5.10 Å². The van der Waals surface area contributed by atoms with E-state index >= 15 is 0 Å². The van der Waals surface area contributed by atoms with E-state index < -0.39 is 0 Å². The summed E-state index contributed by atoms with van der Waals surface area (Å²) >= 11 is 0. The average Bonchev–Trinajstić information content (AvgIpc) is 3.08. The minimum absolute atomic E-state index is 0.128. The third-order valence-corrected chi connectivity index (χ3v) is 5.94. The van der Waals surface area contributed by atoms with Crippen LogP contribution >= 0.6 is 0 Å². The van der Waals surface area contributed by atoms with E-state index in [1.54, 1.807) is 0 Å². The Balaban J connectivity index is 1.46. The van der Waals surface area contributed by atoms with Crippen molar-refractivity contribution in [1.29, 1.82) is 0 Å². The molecule has 0 atom stereocenters. The lowest BCUT2D eigenvalue weighted by Gasteiger charge is -2.46. The van der Waals surface area contributed by atoms with E-state index in [9.17, 15) is 14.4 Å². The molecule has 2 saturated heterocycles. The van der Waals surface area contributed by atoms with Crippen LogP contribution in [0.15, 0.2) is 41.2 Å². The molecule has 27 heavy (non-hydrogen) atoms. The summed E-state index contributed by atoms with van der Waals surface area (Å²) in [6, 6.07) is 10.6. The fourth-order valence-corrected chi connectivity index (χ4v) is 4.27. The van der Waals surface area contributed by atoms with Crippen LogP contribution in [0.25, 0.3) is 5.69 Å². The number of piperidine rings is 2. The summed E-state index contributed by atoms with van der Waals surface area (Å²) in [7, 11) is 1.86. The summed E-state index contributed by atoms with van der Waals surface area (Å²) in [5.41, 5.74) is 0.901. The Bertz CT molecular complexity index is 907. The molecule has 2 aliphatic rings. The first-order chi connectivity index (χ1) is 13.0. The third kappa shape index (κ3) is 3.29. The van der Waals surface area contributed by atoms with E-state index in [1.165, 1.54) is 10.7 Å². The number of likely N-dealkylation sites (tertiary alicyclic amines) is 2. The van der Waals surface area contributed by atoms with Crippen molar-refractivity contribution in [3.05, 3.63) is 52.4 Å². The molecule has 1 spiro atoms. The first-order valence-electron chi connectivity index (χ1n) is 9.38. The van der Waals surface area contributed by atoms with Crippen LogP contribution in [0, 0.1) is 5.41 Å². The van der Waals surface area contributed by atoms with Crippen molar-refractivity contribution < 1.29 is 9.59 Å². The summed E-state index contributed by atoms with van der Waals surface area (Å²) in [4.78, 5) is 40.5. The Hall–Kier alpha value is -2.83. The number of aromatic nitrogens is 2. The summed E-state index contributed by atoms with van der Waals surface area (Å²) in [6.07, 6.45) is 3.27. The molecule has 0 unspecified atom stereocenters. The van der Waals surface area contributed by atoms with Crippen LogP contribution in [0.1, 0.15) is 36.2 Å². The number of rotatable bonds is 2. The normalized spacial score (nSPS) is 19.5. The molecule has 2 aromatic rings. The lowest BCUT2D eigenvalue weighted by atomic mass is 9.72. The molecule has 7 heteroatoms. The minimum Gasteiger partial charge on any atom is -0.345 e. The highest BCUT2D eigenvalue weighted by atomic mass is 16.2. The second-order valence-corrected chi connectivity index (χ2v) is 7.72. The van der Waals surface area contributed by atoms with Crippen LogP contribution in [0.5, 0.6) is 0 Å². The van der Waals surface area contributed by atoms with Crippen LogP contribution in [0.4, 0.5) is 0 Å². The van der Waals surface area contributed by atoms with Gasteiger partial charge in [0.1, 0.15) is 5.69 Å². The molecule has 2 amide bonds. The summed E-state index contributed by atoms with van der Waals surface area (Å²) < 4.78 is 1.39. The number of nitrogens with one attached hydrogen (secondary N) is 1. The molecule has 0 aliphatic carbocycles. The minimum atomic E-state index is -0.245. The quantitative estimate of drug-likeness (QED) is 0.875. The molecule has 2 fully saturated rings. The SMILES string of the molecule is CN1CC2(CCC1=O)CCN(C(=O)c1cc(=O)n(-c3ccccc3)[nH]1)CC2. The highest BCUT2D eigenvalue weighted by Gasteiger charge is 2.40. The van der Waals surface area contributed by atoms with Gasteiger partial charge in [0.05, 0.1) is 5.69 Å². The van der Waals surface area contributed by atoms with E-state index in [0.29, 0.717) is 30.9 Å². The van der Waals surface area contributed by atoms with Crippen molar-refractivity contribution in [3.63, 3.8) is 0 Å². The van der Waals surface area contributed by atoms with Crippen molar-refractivity contribution in [3.8, 4) is 5.69 Å². The Labute approximate surface area is 157 Å². The maximum atomic E-state index is 12.9. The van der Waals surface area contributed by atoms with Gasteiger partial charge < -0.3 is 9.80 Å². The lowest BCUT2D eigenvalue weighted by Crippen LogP contribution is -2.51. The van der Waals surface area contributed by atoms with Gasteiger partial charge in [-0.25, -0.2) is 4.68 Å². The molecule has 2 aliphatic heterocycles. The number of carbonyl (C=O) groups is 2. The molecule has 1 aromatic heterocycles. The smallest absolute Gasteiger partial charge is 0.271 e. The van der Waals surface area contributed by atoms with Gasteiger partial charge in [-0.1, -0.05) is 18.2 Å². The Kier molecular flexibility index (Phi) is 4.37. The molecule has 142 valence electrons. The zero-order valence-corrected chi connectivity index (χ0v) is 15.5. The highest BCUT2D eigenvalue weighted by molar-refractivity contribution is 5.92. The predicted molar refractivity (Wildman–Crippen MR) is 101 cm³/mol. The fourth-order valence-electron chi connectivity index (χ4n) is 4.27. The predicted octanol–water partition coefficient (Wildman–Crippen LogP) is 1.64. The van der Waals surface area contributed by atoms with Crippen molar-refractivity contribution in [2.45, 2.75) is 25.7 Å².